The van der Waals surface area contributed by atoms with Crippen molar-refractivity contribution in [2.45, 2.75) is 39.2 Å². The molecule has 1 aliphatic heterocycles. The number of furan rings is 1. The van der Waals surface area contributed by atoms with Crippen molar-refractivity contribution in [3.05, 3.63) is 41.2 Å². The van der Waals surface area contributed by atoms with Gasteiger partial charge in [0.15, 0.2) is 15.6 Å². The van der Waals surface area contributed by atoms with Crippen LogP contribution in [0.15, 0.2) is 22.8 Å². The Kier molecular flexibility index (Phi) is 4.18. The molecule has 4 rings (SSSR count). The Morgan fingerprint density at radius 1 is 1.35 bits per heavy atom. The average Bonchev–Trinajstić information content (AvgIpc) is 3.35. The molecule has 0 unspecified atom stereocenters. The topological polar surface area (TPSA) is 107 Å². The van der Waals surface area contributed by atoms with Crippen LogP contribution in [0.2, 0.25) is 0 Å². The lowest BCUT2D eigenvalue weighted by atomic mass is 10.1. The zero-order chi connectivity index (χ0) is 18.3. The van der Waals surface area contributed by atoms with E-state index in [0.29, 0.717) is 30.8 Å². The Balaban J connectivity index is 1.64. The minimum atomic E-state index is -3.00. The quantitative estimate of drug-likeness (QED) is 0.731. The number of nitrogens with one attached hydrogen (secondary N) is 1. The summed E-state index contributed by atoms with van der Waals surface area (Å²) in [6, 6.07) is 3.41. The smallest absolute Gasteiger partial charge is 0.217 e. The highest BCUT2D eigenvalue weighted by atomic mass is 32.2. The molecular formula is C17H21N5O3S. The maximum atomic E-state index is 11.9. The second-order valence-corrected chi connectivity index (χ2v) is 8.98. The van der Waals surface area contributed by atoms with Crippen LogP contribution in [0.5, 0.6) is 0 Å². The van der Waals surface area contributed by atoms with Gasteiger partial charge in [0.2, 0.25) is 5.82 Å². The molecule has 4 heterocycles. The highest BCUT2D eigenvalue weighted by Gasteiger charge is 2.32. The monoisotopic (exact) mass is 375 g/mol. The van der Waals surface area contributed by atoms with Gasteiger partial charge in [0.1, 0.15) is 5.82 Å². The van der Waals surface area contributed by atoms with Crippen molar-refractivity contribution < 1.29 is 12.8 Å². The number of nitrogens with zero attached hydrogens (tertiary/aromatic N) is 4. The molecule has 0 saturated carbocycles. The minimum absolute atomic E-state index is 0.113. The minimum Gasteiger partial charge on any atom is -0.461 e. The molecule has 138 valence electrons. The number of aromatic amines is 1. The van der Waals surface area contributed by atoms with Gasteiger partial charge in [-0.15, -0.1) is 5.10 Å². The Morgan fingerprint density at radius 3 is 2.81 bits per heavy atom. The zero-order valence-corrected chi connectivity index (χ0v) is 15.6. The summed E-state index contributed by atoms with van der Waals surface area (Å²) in [7, 11) is -3.00. The van der Waals surface area contributed by atoms with E-state index in [0.717, 1.165) is 22.8 Å². The summed E-state index contributed by atoms with van der Waals surface area (Å²) >= 11 is 0. The zero-order valence-electron chi connectivity index (χ0n) is 14.8. The number of aromatic nitrogens is 5. The maximum absolute atomic E-state index is 11.9. The third kappa shape index (κ3) is 3.18. The third-order valence-electron chi connectivity index (χ3n) is 4.94. The molecule has 1 saturated heterocycles. The van der Waals surface area contributed by atoms with Crippen molar-refractivity contribution in [3.63, 3.8) is 0 Å². The normalized spacial score (nSPS) is 19.2. The van der Waals surface area contributed by atoms with Crippen molar-refractivity contribution in [2.24, 2.45) is 0 Å². The van der Waals surface area contributed by atoms with Crippen LogP contribution >= 0.6 is 0 Å². The van der Waals surface area contributed by atoms with Gasteiger partial charge in [-0.25, -0.2) is 18.1 Å². The highest BCUT2D eigenvalue weighted by Crippen LogP contribution is 2.27. The molecule has 1 atom stereocenters. The van der Waals surface area contributed by atoms with E-state index >= 15 is 0 Å². The molecule has 9 heteroatoms. The third-order valence-corrected chi connectivity index (χ3v) is 6.69. The van der Waals surface area contributed by atoms with Crippen molar-refractivity contribution in [2.75, 3.05) is 11.5 Å². The van der Waals surface area contributed by atoms with Crippen LogP contribution in [-0.2, 0) is 22.7 Å². The van der Waals surface area contributed by atoms with Crippen LogP contribution in [0.1, 0.15) is 35.2 Å². The molecule has 0 radical (unpaired) electrons. The fraction of sp³-hybridized carbons (Fsp3) is 0.471. The standard InChI is InChI=1S/C17H21N5O3S/c1-11-12(2)19-20-14(11)5-6-16-18-17(15-4-3-8-25-15)21-22(16)13-7-9-26(23,24)10-13/h3-4,8,13H,5-7,9-10H2,1-2H3,(H,19,20)/t13-/m0/s1. The summed E-state index contributed by atoms with van der Waals surface area (Å²) in [5.74, 6) is 2.15. The van der Waals surface area contributed by atoms with E-state index in [2.05, 4.69) is 20.3 Å². The van der Waals surface area contributed by atoms with Crippen LogP contribution in [0.4, 0.5) is 0 Å². The molecule has 0 aromatic carbocycles. The molecule has 3 aromatic heterocycles. The molecule has 0 bridgehead atoms. The molecule has 8 nitrogen and oxygen atoms in total. The molecule has 3 aromatic rings. The van der Waals surface area contributed by atoms with Crippen molar-refractivity contribution >= 4 is 9.84 Å². The SMILES string of the molecule is Cc1[nH]nc(CCc2nc(-c3ccco3)nn2[C@H]2CCS(=O)(=O)C2)c1C. The van der Waals surface area contributed by atoms with Gasteiger partial charge < -0.3 is 4.42 Å². The van der Waals surface area contributed by atoms with Crippen LogP contribution in [0, 0.1) is 13.8 Å². The second kappa shape index (κ2) is 6.39. The van der Waals surface area contributed by atoms with Gasteiger partial charge >= 0.3 is 0 Å². The van der Waals surface area contributed by atoms with Gasteiger partial charge in [-0.05, 0) is 44.4 Å². The largest absolute Gasteiger partial charge is 0.461 e. The van der Waals surface area contributed by atoms with Gasteiger partial charge in [0.25, 0.3) is 0 Å². The van der Waals surface area contributed by atoms with Gasteiger partial charge in [0.05, 0.1) is 29.5 Å². The Morgan fingerprint density at radius 2 is 2.19 bits per heavy atom. The number of aryl methyl sites for hydroxylation is 3. The Labute approximate surface area is 151 Å². The number of hydrogen-bond acceptors (Lipinski definition) is 6. The average molecular weight is 375 g/mol. The summed E-state index contributed by atoms with van der Waals surface area (Å²) in [5.41, 5.74) is 3.20. The van der Waals surface area contributed by atoms with Gasteiger partial charge in [-0.1, -0.05) is 0 Å². The first-order chi connectivity index (χ1) is 12.4. The number of sulfone groups is 1. The molecule has 1 fully saturated rings. The van der Waals surface area contributed by atoms with Gasteiger partial charge in [-0.2, -0.15) is 5.10 Å². The Hall–Kier alpha value is -2.42. The summed E-state index contributed by atoms with van der Waals surface area (Å²) in [6.07, 6.45) is 3.49. The van der Waals surface area contributed by atoms with Crippen molar-refractivity contribution in [1.82, 2.24) is 25.0 Å². The van der Waals surface area contributed by atoms with E-state index in [1.165, 1.54) is 0 Å². The second-order valence-electron chi connectivity index (χ2n) is 6.75. The molecule has 1 N–H and O–H groups in total. The highest BCUT2D eigenvalue weighted by molar-refractivity contribution is 7.91. The molecule has 0 spiro atoms. The van der Waals surface area contributed by atoms with E-state index in [4.69, 9.17) is 4.42 Å². The van der Waals surface area contributed by atoms with E-state index in [1.54, 1.807) is 23.1 Å². The van der Waals surface area contributed by atoms with E-state index < -0.39 is 9.84 Å². The first-order valence-electron chi connectivity index (χ1n) is 8.63. The summed E-state index contributed by atoms with van der Waals surface area (Å²) in [5, 5.41) is 11.9. The first kappa shape index (κ1) is 17.0. The first-order valence-corrected chi connectivity index (χ1v) is 10.5. The number of rotatable bonds is 5. The van der Waals surface area contributed by atoms with Crippen LogP contribution < -0.4 is 0 Å². The van der Waals surface area contributed by atoms with E-state index in [9.17, 15) is 8.42 Å². The Bertz CT molecular complexity index is 1020. The molecular weight excluding hydrogens is 354 g/mol. The predicted octanol–water partition coefficient (Wildman–Crippen LogP) is 2.02. The molecule has 0 aliphatic carbocycles. The van der Waals surface area contributed by atoms with Crippen molar-refractivity contribution in [3.8, 4) is 11.6 Å². The van der Waals surface area contributed by atoms with Crippen molar-refractivity contribution in [1.29, 1.82) is 0 Å². The predicted molar refractivity (Wildman–Crippen MR) is 95.5 cm³/mol. The molecule has 0 amide bonds. The maximum Gasteiger partial charge on any atom is 0.217 e. The summed E-state index contributed by atoms with van der Waals surface area (Å²) in [4.78, 5) is 4.62. The molecule has 1 aliphatic rings. The van der Waals surface area contributed by atoms with E-state index in [1.807, 2.05) is 13.8 Å². The van der Waals surface area contributed by atoms with E-state index in [-0.39, 0.29) is 17.5 Å². The van der Waals surface area contributed by atoms with Crippen LogP contribution in [-0.4, -0.2) is 44.9 Å². The lowest BCUT2D eigenvalue weighted by molar-refractivity contribution is 0.475. The summed E-state index contributed by atoms with van der Waals surface area (Å²) in [6.45, 7) is 4.03. The van der Waals surface area contributed by atoms with Gasteiger partial charge in [0, 0.05) is 12.1 Å². The fourth-order valence-electron chi connectivity index (χ4n) is 3.31. The van der Waals surface area contributed by atoms with Gasteiger partial charge in [-0.3, -0.25) is 5.10 Å². The summed E-state index contributed by atoms with van der Waals surface area (Å²) < 4.78 is 31.0. The van der Waals surface area contributed by atoms with Crippen LogP contribution in [0.25, 0.3) is 11.6 Å². The lowest BCUT2D eigenvalue weighted by Crippen LogP contribution is -2.16. The number of hydrogen-bond donors (Lipinski definition) is 1. The number of H-pyrrole nitrogens is 1. The fourth-order valence-corrected chi connectivity index (χ4v) is 5.00. The van der Waals surface area contributed by atoms with Crippen LogP contribution in [0.3, 0.4) is 0 Å². The molecule has 26 heavy (non-hydrogen) atoms. The lowest BCUT2D eigenvalue weighted by Gasteiger charge is -2.11.